The van der Waals surface area contributed by atoms with Crippen LogP contribution in [0.1, 0.15) is 35.3 Å². The lowest BCUT2D eigenvalue weighted by Gasteiger charge is -2.15. The molecule has 7 nitrogen and oxygen atoms in total. The third kappa shape index (κ3) is 6.64. The average Bonchev–Trinajstić information content (AvgIpc) is 2.69. The third-order valence-electron chi connectivity index (χ3n) is 4.15. The fourth-order valence-corrected chi connectivity index (χ4v) is 2.52. The van der Waals surface area contributed by atoms with Crippen LogP contribution in [-0.2, 0) is 14.3 Å². The van der Waals surface area contributed by atoms with E-state index in [1.165, 1.54) is 6.92 Å². The fraction of sp³-hybridized carbons (Fsp3) is 0.318. The van der Waals surface area contributed by atoms with Gasteiger partial charge in [-0.2, -0.15) is 0 Å². The molecule has 2 rings (SSSR count). The Hall–Kier alpha value is -3.35. The molecule has 0 spiro atoms. The van der Waals surface area contributed by atoms with Gasteiger partial charge in [-0.25, -0.2) is 0 Å². The lowest BCUT2D eigenvalue weighted by atomic mass is 10.1. The maximum Gasteiger partial charge on any atom is 0.326 e. The molecule has 2 N–H and O–H groups in total. The number of carbonyl (C=O) groups excluding carboxylic acids is 3. The van der Waals surface area contributed by atoms with Gasteiger partial charge in [-0.15, -0.1) is 0 Å². The molecule has 0 aliphatic heterocycles. The molecule has 0 saturated heterocycles. The summed E-state index contributed by atoms with van der Waals surface area (Å²) in [5, 5.41) is 5.22. The summed E-state index contributed by atoms with van der Waals surface area (Å²) in [6, 6.07) is 12.3. The van der Waals surface area contributed by atoms with E-state index in [-0.39, 0.29) is 6.54 Å². The van der Waals surface area contributed by atoms with Crippen molar-refractivity contribution in [1.82, 2.24) is 5.32 Å². The fourth-order valence-electron chi connectivity index (χ4n) is 2.52. The van der Waals surface area contributed by atoms with Gasteiger partial charge in [0.2, 0.25) is 0 Å². The summed E-state index contributed by atoms with van der Waals surface area (Å²) in [4.78, 5) is 36.3. The molecule has 29 heavy (non-hydrogen) atoms. The van der Waals surface area contributed by atoms with Gasteiger partial charge in [-0.3, -0.25) is 14.4 Å². The van der Waals surface area contributed by atoms with Crippen LogP contribution in [0.5, 0.6) is 5.75 Å². The van der Waals surface area contributed by atoms with E-state index in [0.717, 1.165) is 11.1 Å². The minimum Gasteiger partial charge on any atom is -0.494 e. The molecule has 2 aromatic carbocycles. The van der Waals surface area contributed by atoms with Crippen LogP contribution in [0.25, 0.3) is 0 Å². The van der Waals surface area contributed by atoms with Gasteiger partial charge in [0.1, 0.15) is 12.3 Å². The summed E-state index contributed by atoms with van der Waals surface area (Å²) < 4.78 is 10.4. The number of nitrogens with one attached hydrogen (secondary N) is 2. The summed E-state index contributed by atoms with van der Waals surface area (Å²) in [5.74, 6) is -0.901. The molecular weight excluding hydrogens is 372 g/mol. The second kappa shape index (κ2) is 10.3. The second-order valence-electron chi connectivity index (χ2n) is 6.58. The largest absolute Gasteiger partial charge is 0.494 e. The summed E-state index contributed by atoms with van der Waals surface area (Å²) in [6.07, 6.45) is -0.996. The van der Waals surface area contributed by atoms with Crippen molar-refractivity contribution in [3.8, 4) is 5.75 Å². The maximum atomic E-state index is 12.3. The molecule has 7 heteroatoms. The maximum absolute atomic E-state index is 12.3. The van der Waals surface area contributed by atoms with Gasteiger partial charge in [0.15, 0.2) is 6.10 Å². The number of hydrogen-bond acceptors (Lipinski definition) is 5. The highest BCUT2D eigenvalue weighted by atomic mass is 16.5. The minimum atomic E-state index is -0.996. The van der Waals surface area contributed by atoms with E-state index in [9.17, 15) is 14.4 Å². The highest BCUT2D eigenvalue weighted by Gasteiger charge is 2.19. The molecule has 2 amide bonds. The van der Waals surface area contributed by atoms with Crippen LogP contribution in [0.4, 0.5) is 5.69 Å². The standard InChI is InChI=1S/C22H26N2O5/c1-5-28-18-10-8-17(9-11-18)22(27)23-13-20(25)29-16(4)21(26)24-19-12-14(2)6-7-15(19)3/h6-12,16H,5,13H2,1-4H3,(H,23,27)(H,24,26)/t16-/m1/s1. The van der Waals surface area contributed by atoms with Gasteiger partial charge in [0.25, 0.3) is 11.8 Å². The molecule has 154 valence electrons. The zero-order valence-corrected chi connectivity index (χ0v) is 17.1. The van der Waals surface area contributed by atoms with E-state index >= 15 is 0 Å². The SMILES string of the molecule is CCOc1ccc(C(=O)NCC(=O)O[C@H](C)C(=O)Nc2cc(C)ccc2C)cc1. The van der Waals surface area contributed by atoms with Crippen LogP contribution >= 0.6 is 0 Å². The molecule has 0 fully saturated rings. The molecule has 0 heterocycles. The Kier molecular flexibility index (Phi) is 7.77. The summed E-state index contributed by atoms with van der Waals surface area (Å²) in [6.45, 7) is 7.34. The van der Waals surface area contributed by atoms with E-state index in [2.05, 4.69) is 10.6 Å². The van der Waals surface area contributed by atoms with Gasteiger partial charge in [-0.1, -0.05) is 12.1 Å². The van der Waals surface area contributed by atoms with Crippen molar-refractivity contribution in [2.24, 2.45) is 0 Å². The Labute approximate surface area is 170 Å². The Morgan fingerprint density at radius 2 is 1.72 bits per heavy atom. The average molecular weight is 398 g/mol. The van der Waals surface area contributed by atoms with Crippen molar-refractivity contribution in [1.29, 1.82) is 0 Å². The highest BCUT2D eigenvalue weighted by Crippen LogP contribution is 2.17. The number of hydrogen-bond donors (Lipinski definition) is 2. The quantitative estimate of drug-likeness (QED) is 0.667. The van der Waals surface area contributed by atoms with Crippen molar-refractivity contribution < 1.29 is 23.9 Å². The molecule has 0 unspecified atom stereocenters. The summed E-state index contributed by atoms with van der Waals surface area (Å²) >= 11 is 0. The molecule has 0 bridgehead atoms. The highest BCUT2D eigenvalue weighted by molar-refractivity contribution is 5.97. The molecule has 2 aromatic rings. The number of rotatable bonds is 8. The van der Waals surface area contributed by atoms with Gasteiger partial charge in [-0.05, 0) is 69.2 Å². The van der Waals surface area contributed by atoms with Crippen LogP contribution in [0, 0.1) is 13.8 Å². The van der Waals surface area contributed by atoms with E-state index in [1.807, 2.05) is 39.0 Å². The number of amides is 2. The number of ether oxygens (including phenoxy) is 2. The van der Waals surface area contributed by atoms with Gasteiger partial charge in [0, 0.05) is 11.3 Å². The molecule has 0 saturated carbocycles. The first-order valence-corrected chi connectivity index (χ1v) is 9.38. The lowest BCUT2D eigenvalue weighted by Crippen LogP contribution is -2.35. The zero-order valence-electron chi connectivity index (χ0n) is 17.1. The number of carbonyl (C=O) groups is 3. The van der Waals surface area contributed by atoms with E-state index < -0.39 is 23.9 Å². The van der Waals surface area contributed by atoms with Gasteiger partial charge < -0.3 is 20.1 Å². The first kappa shape index (κ1) is 21.9. The third-order valence-corrected chi connectivity index (χ3v) is 4.15. The number of aryl methyl sites for hydroxylation is 2. The summed E-state index contributed by atoms with van der Waals surface area (Å²) in [7, 11) is 0. The van der Waals surface area contributed by atoms with Crippen molar-refractivity contribution in [2.45, 2.75) is 33.8 Å². The smallest absolute Gasteiger partial charge is 0.326 e. The Morgan fingerprint density at radius 1 is 1.03 bits per heavy atom. The predicted octanol–water partition coefficient (Wildman–Crippen LogP) is 3.00. The number of anilines is 1. The second-order valence-corrected chi connectivity index (χ2v) is 6.58. The number of benzene rings is 2. The molecule has 0 aliphatic carbocycles. The molecule has 0 aromatic heterocycles. The minimum absolute atomic E-state index is 0.340. The van der Waals surface area contributed by atoms with E-state index in [4.69, 9.17) is 9.47 Å². The van der Waals surface area contributed by atoms with Crippen LogP contribution < -0.4 is 15.4 Å². The van der Waals surface area contributed by atoms with Crippen LogP contribution in [0.3, 0.4) is 0 Å². The topological polar surface area (TPSA) is 93.7 Å². The predicted molar refractivity (Wildman–Crippen MR) is 110 cm³/mol. The lowest BCUT2D eigenvalue weighted by molar-refractivity contribution is -0.152. The molecule has 1 atom stereocenters. The monoisotopic (exact) mass is 398 g/mol. The Bertz CT molecular complexity index is 877. The summed E-state index contributed by atoms with van der Waals surface area (Å²) in [5.41, 5.74) is 2.97. The van der Waals surface area contributed by atoms with Gasteiger partial charge in [0.05, 0.1) is 6.61 Å². The Balaban J connectivity index is 1.82. The van der Waals surface area contributed by atoms with Crippen molar-refractivity contribution >= 4 is 23.5 Å². The van der Waals surface area contributed by atoms with Gasteiger partial charge >= 0.3 is 5.97 Å². The Morgan fingerprint density at radius 3 is 2.38 bits per heavy atom. The zero-order chi connectivity index (χ0) is 21.4. The number of esters is 1. The first-order chi connectivity index (χ1) is 13.8. The van der Waals surface area contributed by atoms with Crippen LogP contribution in [-0.4, -0.2) is 37.0 Å². The van der Waals surface area contributed by atoms with Crippen LogP contribution in [0.2, 0.25) is 0 Å². The van der Waals surface area contributed by atoms with Crippen molar-refractivity contribution in [3.05, 3.63) is 59.2 Å². The molecule has 0 aliphatic rings. The molecular formula is C22H26N2O5. The first-order valence-electron chi connectivity index (χ1n) is 9.38. The van der Waals surface area contributed by atoms with Crippen LogP contribution in [0.15, 0.2) is 42.5 Å². The van der Waals surface area contributed by atoms with Crippen molar-refractivity contribution in [2.75, 3.05) is 18.5 Å². The molecule has 0 radical (unpaired) electrons. The normalized spacial score (nSPS) is 11.3. The van der Waals surface area contributed by atoms with Crippen molar-refractivity contribution in [3.63, 3.8) is 0 Å². The van der Waals surface area contributed by atoms with E-state index in [0.29, 0.717) is 23.6 Å². The van der Waals surface area contributed by atoms with E-state index in [1.54, 1.807) is 24.3 Å².